The lowest BCUT2D eigenvalue weighted by Gasteiger charge is -2.43. The molecule has 0 aliphatic heterocycles. The molecule has 26 heavy (non-hydrogen) atoms. The van der Waals surface area contributed by atoms with Gasteiger partial charge in [0, 0.05) is 0 Å². The van der Waals surface area contributed by atoms with Crippen molar-refractivity contribution in [3.8, 4) is 0 Å². The Labute approximate surface area is 145 Å². The molecule has 1 rings (SSSR count). The first kappa shape index (κ1) is 23.1. The fraction of sp³-hybridized carbons (Fsp3) is 0.800. The molecule has 0 amide bonds. The fourth-order valence-electron chi connectivity index (χ4n) is 2.22. The monoisotopic (exact) mass is 424 g/mol. The van der Waals surface area contributed by atoms with Gasteiger partial charge in [-0.1, -0.05) is 0 Å². The number of aliphatic hydroxyl groups excluding tert-OH is 4. The molecule has 14 nitrogen and oxygen atoms in total. The van der Waals surface area contributed by atoms with Crippen molar-refractivity contribution >= 4 is 27.1 Å². The second-order valence-corrected chi connectivity index (χ2v) is 9.08. The van der Waals surface area contributed by atoms with Crippen molar-refractivity contribution in [1.29, 1.82) is 0 Å². The van der Waals surface area contributed by atoms with Crippen LogP contribution in [0.1, 0.15) is 0 Å². The summed E-state index contributed by atoms with van der Waals surface area (Å²) in [5.41, 5.74) is 0. The number of hydrogen-bond acceptors (Lipinski definition) is 10. The topological polar surface area (TPSA) is 249 Å². The third-order valence-electron chi connectivity index (χ3n) is 3.29. The molecule has 0 saturated heterocycles. The van der Waals surface area contributed by atoms with Crippen molar-refractivity contribution in [2.75, 3.05) is 12.3 Å². The maximum absolute atomic E-state index is 11.8. The summed E-state index contributed by atoms with van der Waals surface area (Å²) in [6, 6.07) is 0. The Morgan fingerprint density at radius 3 is 1.19 bits per heavy atom. The van der Waals surface area contributed by atoms with E-state index in [4.69, 9.17) is 10.2 Å². The number of hydrogen-bond donors (Lipinski definition) is 8. The van der Waals surface area contributed by atoms with E-state index < -0.39 is 76.1 Å². The molecular formula is C10H18O14P2. The Bertz CT molecular complexity index is 581. The summed E-state index contributed by atoms with van der Waals surface area (Å²) in [5.74, 6) is -3.56. The smallest absolute Gasteiger partial charge is 0.339 e. The molecule has 0 spiro atoms. The number of carboxylic acids is 2. The highest BCUT2D eigenvalue weighted by atomic mass is 31.2. The van der Waals surface area contributed by atoms with Crippen LogP contribution in [-0.4, -0.2) is 101 Å². The zero-order chi connectivity index (χ0) is 20.4. The van der Waals surface area contributed by atoms with E-state index in [2.05, 4.69) is 9.05 Å². The van der Waals surface area contributed by atoms with Crippen LogP contribution in [-0.2, 0) is 27.8 Å². The minimum atomic E-state index is -4.99. The Hall–Kier alpha value is -0.920. The summed E-state index contributed by atoms with van der Waals surface area (Å²) >= 11 is 0. The molecule has 2 unspecified atom stereocenters. The third-order valence-corrected chi connectivity index (χ3v) is 5.78. The Balaban J connectivity index is 3.17. The second kappa shape index (κ2) is 8.40. The first-order valence-electron chi connectivity index (χ1n) is 6.83. The van der Waals surface area contributed by atoms with Gasteiger partial charge >= 0.3 is 27.1 Å². The van der Waals surface area contributed by atoms with Gasteiger partial charge in [0.1, 0.15) is 48.9 Å². The van der Waals surface area contributed by atoms with E-state index in [9.17, 15) is 48.9 Å². The summed E-state index contributed by atoms with van der Waals surface area (Å²) in [5, 5.41) is 56.1. The molecule has 0 aromatic heterocycles. The number of carboxylic acid groups (broad SMARTS) is 2. The van der Waals surface area contributed by atoms with Crippen molar-refractivity contribution in [2.24, 2.45) is 0 Å². The zero-order valence-electron chi connectivity index (χ0n) is 12.8. The summed E-state index contributed by atoms with van der Waals surface area (Å²) in [6.07, 6.45) is -16.2. The van der Waals surface area contributed by atoms with Crippen LogP contribution >= 0.6 is 15.2 Å². The zero-order valence-corrected chi connectivity index (χ0v) is 14.6. The van der Waals surface area contributed by atoms with Crippen LogP contribution in [0, 0.1) is 0 Å². The SMILES string of the molecule is O=C(O)CP(=O)(O)O[C@@H]1[C@@H](O)[C@H](O)[C@@H](O)[C@H](O)[C@@H]1OP(=O)(O)CC(=O)O. The van der Waals surface area contributed by atoms with Crippen LogP contribution in [0.4, 0.5) is 0 Å². The van der Waals surface area contributed by atoms with Gasteiger partial charge in [-0.15, -0.1) is 0 Å². The molecule has 0 radical (unpaired) electrons. The average molecular weight is 424 g/mol. The summed E-state index contributed by atoms with van der Waals surface area (Å²) < 4.78 is 32.5. The Morgan fingerprint density at radius 1 is 0.692 bits per heavy atom. The Morgan fingerprint density at radius 2 is 0.962 bits per heavy atom. The minimum absolute atomic E-state index is 1.45. The lowest BCUT2D eigenvalue weighted by Crippen LogP contribution is -2.64. The van der Waals surface area contributed by atoms with Gasteiger partial charge in [-0.2, -0.15) is 0 Å². The molecule has 8 N–H and O–H groups in total. The molecule has 0 bridgehead atoms. The standard InChI is InChI=1S/C10H18O14P2/c11-3(12)1-25(19,20)23-9-7(17)5(15)6(16)8(18)10(9)24-26(21,22)2-4(13)14/h5-10,15-18H,1-2H2,(H,11,12)(H,13,14)(H,19,20)(H,21,22)/t5-,6-,7+,8+,9-,10+/m1/s1. The quantitative estimate of drug-likeness (QED) is 0.178. The third kappa shape index (κ3) is 6.06. The highest BCUT2D eigenvalue weighted by Crippen LogP contribution is 2.50. The van der Waals surface area contributed by atoms with Crippen LogP contribution < -0.4 is 0 Å². The maximum atomic E-state index is 11.8. The lowest BCUT2D eigenvalue weighted by molar-refractivity contribution is -0.212. The van der Waals surface area contributed by atoms with Crippen molar-refractivity contribution in [1.82, 2.24) is 0 Å². The van der Waals surface area contributed by atoms with Crippen LogP contribution in [0.3, 0.4) is 0 Å². The van der Waals surface area contributed by atoms with Crippen molar-refractivity contribution in [2.45, 2.75) is 36.6 Å². The molecule has 1 aliphatic rings. The fourth-order valence-corrected chi connectivity index (χ4v) is 4.31. The molecule has 1 aliphatic carbocycles. The van der Waals surface area contributed by atoms with Crippen molar-refractivity contribution < 1.29 is 68.2 Å². The van der Waals surface area contributed by atoms with Crippen molar-refractivity contribution in [3.05, 3.63) is 0 Å². The van der Waals surface area contributed by atoms with Gasteiger partial charge in [0.25, 0.3) is 0 Å². The van der Waals surface area contributed by atoms with Gasteiger partial charge in [0.15, 0.2) is 0 Å². The molecule has 0 aromatic carbocycles. The van der Waals surface area contributed by atoms with Gasteiger partial charge in [0.2, 0.25) is 0 Å². The maximum Gasteiger partial charge on any atom is 0.339 e. The normalized spacial score (nSPS) is 36.7. The van der Waals surface area contributed by atoms with E-state index in [0.29, 0.717) is 0 Å². The average Bonchev–Trinajstić information content (AvgIpc) is 2.43. The molecule has 8 atom stereocenters. The highest BCUT2D eigenvalue weighted by Gasteiger charge is 2.54. The van der Waals surface area contributed by atoms with E-state index in [-0.39, 0.29) is 0 Å². The molecule has 1 saturated carbocycles. The van der Waals surface area contributed by atoms with Crippen LogP contribution in [0.25, 0.3) is 0 Å². The van der Waals surface area contributed by atoms with Crippen LogP contribution in [0.15, 0.2) is 0 Å². The van der Waals surface area contributed by atoms with Gasteiger partial charge in [-0.25, -0.2) is 0 Å². The van der Waals surface area contributed by atoms with E-state index in [0.717, 1.165) is 0 Å². The van der Waals surface area contributed by atoms with Crippen molar-refractivity contribution in [3.63, 3.8) is 0 Å². The molecular weight excluding hydrogens is 406 g/mol. The van der Waals surface area contributed by atoms with Crippen LogP contribution in [0.2, 0.25) is 0 Å². The van der Waals surface area contributed by atoms with Gasteiger partial charge in [-0.3, -0.25) is 27.8 Å². The van der Waals surface area contributed by atoms with E-state index >= 15 is 0 Å². The van der Waals surface area contributed by atoms with Gasteiger partial charge in [-0.05, 0) is 0 Å². The summed E-state index contributed by atoms with van der Waals surface area (Å²) in [6.45, 7) is 0. The number of rotatable bonds is 8. The first-order valence-corrected chi connectivity index (χ1v) is 10.4. The summed E-state index contributed by atoms with van der Waals surface area (Å²) in [7, 11) is -9.98. The highest BCUT2D eigenvalue weighted by molar-refractivity contribution is 7.54. The van der Waals surface area contributed by atoms with E-state index in [1.807, 2.05) is 0 Å². The predicted molar refractivity (Wildman–Crippen MR) is 78.4 cm³/mol. The number of aliphatic carboxylic acids is 2. The first-order chi connectivity index (χ1) is 11.7. The molecule has 16 heteroatoms. The lowest BCUT2D eigenvalue weighted by atomic mass is 9.85. The molecule has 1 fully saturated rings. The van der Waals surface area contributed by atoms with Gasteiger partial charge in [0.05, 0.1) is 0 Å². The number of aliphatic hydroxyl groups is 4. The summed E-state index contributed by atoms with van der Waals surface area (Å²) in [4.78, 5) is 40.1. The largest absolute Gasteiger partial charge is 0.481 e. The molecule has 152 valence electrons. The van der Waals surface area contributed by atoms with E-state index in [1.165, 1.54) is 0 Å². The van der Waals surface area contributed by atoms with E-state index in [1.54, 1.807) is 0 Å². The minimum Gasteiger partial charge on any atom is -0.481 e. The van der Waals surface area contributed by atoms with Gasteiger partial charge < -0.3 is 40.4 Å². The predicted octanol–water partition coefficient (Wildman–Crippen LogP) is -3.25. The number of carbonyl (C=O) groups is 2. The molecule has 0 heterocycles. The van der Waals surface area contributed by atoms with Crippen LogP contribution in [0.5, 0.6) is 0 Å². The molecule has 0 aromatic rings. The second-order valence-electron chi connectivity index (χ2n) is 5.48. The Kier molecular flexibility index (Phi) is 7.47.